The van der Waals surface area contributed by atoms with E-state index < -0.39 is 5.97 Å². The molecule has 0 aliphatic heterocycles. The molecule has 0 heterocycles. The van der Waals surface area contributed by atoms with Gasteiger partial charge in [0.15, 0.2) is 6.61 Å². The third-order valence-electron chi connectivity index (χ3n) is 2.31. The summed E-state index contributed by atoms with van der Waals surface area (Å²) in [6.07, 6.45) is 4.11. The summed E-state index contributed by atoms with van der Waals surface area (Å²) in [7, 11) is 0. The maximum atomic E-state index is 11.7. The maximum absolute atomic E-state index is 11.7. The molecule has 0 radical (unpaired) electrons. The summed E-state index contributed by atoms with van der Waals surface area (Å²) in [5, 5.41) is 0. The van der Waals surface area contributed by atoms with Crippen LogP contribution in [-0.2, 0) is 14.3 Å². The predicted octanol–water partition coefficient (Wildman–Crippen LogP) is 1.98. The Bertz CT molecular complexity index is 208. The van der Waals surface area contributed by atoms with Crippen LogP contribution in [0.2, 0.25) is 0 Å². The molecule has 0 aromatic carbocycles. The van der Waals surface area contributed by atoms with Crippen molar-refractivity contribution in [1.29, 1.82) is 0 Å². The van der Waals surface area contributed by atoms with Gasteiger partial charge in [0.2, 0.25) is 0 Å². The summed E-state index contributed by atoms with van der Waals surface area (Å²) in [4.78, 5) is 24.1. The highest BCUT2D eigenvalue weighted by atomic mass is 16.5. The fourth-order valence-electron chi connectivity index (χ4n) is 1.31. The Morgan fingerprint density at radius 1 is 1.06 bits per heavy atom. The van der Waals surface area contributed by atoms with Crippen LogP contribution in [0.1, 0.15) is 46.5 Å². The summed E-state index contributed by atoms with van der Waals surface area (Å²) in [5.41, 5.74) is 0. The number of rotatable bonds is 8. The van der Waals surface area contributed by atoms with Crippen molar-refractivity contribution in [2.24, 2.45) is 0 Å². The average molecular weight is 229 g/mol. The van der Waals surface area contributed by atoms with Crippen LogP contribution < -0.4 is 0 Å². The standard InChI is InChI=1S/C12H23NO3/c1-4-6-8-13(9-7-5-2)12(15)10-16-11(3)14/h4-10H2,1-3H3. The highest BCUT2D eigenvalue weighted by molar-refractivity contribution is 5.80. The molecule has 0 unspecified atom stereocenters. The molecule has 0 spiro atoms. The SMILES string of the molecule is CCCCN(CCCC)C(=O)COC(C)=O. The van der Waals surface area contributed by atoms with E-state index in [1.54, 1.807) is 4.90 Å². The number of hydrogen-bond donors (Lipinski definition) is 0. The van der Waals surface area contributed by atoms with Crippen molar-refractivity contribution in [3.8, 4) is 0 Å². The van der Waals surface area contributed by atoms with E-state index in [4.69, 9.17) is 4.74 Å². The molecule has 94 valence electrons. The van der Waals surface area contributed by atoms with Crippen LogP contribution in [0.15, 0.2) is 0 Å². The first-order valence-corrected chi connectivity index (χ1v) is 6.02. The number of carbonyl (C=O) groups excluding carboxylic acids is 2. The van der Waals surface area contributed by atoms with E-state index in [9.17, 15) is 9.59 Å². The second-order valence-electron chi connectivity index (χ2n) is 3.87. The Balaban J connectivity index is 4.03. The summed E-state index contributed by atoms with van der Waals surface area (Å²) >= 11 is 0. The highest BCUT2D eigenvalue weighted by Crippen LogP contribution is 2.00. The molecule has 0 aromatic rings. The first kappa shape index (κ1) is 14.9. The van der Waals surface area contributed by atoms with E-state index >= 15 is 0 Å². The molecular weight excluding hydrogens is 206 g/mol. The first-order chi connectivity index (χ1) is 7.61. The summed E-state index contributed by atoms with van der Waals surface area (Å²) < 4.78 is 4.71. The third-order valence-corrected chi connectivity index (χ3v) is 2.31. The van der Waals surface area contributed by atoms with E-state index in [2.05, 4.69) is 13.8 Å². The van der Waals surface area contributed by atoms with Gasteiger partial charge in [0.25, 0.3) is 5.91 Å². The lowest BCUT2D eigenvalue weighted by molar-refractivity contribution is -0.150. The number of carbonyl (C=O) groups is 2. The second kappa shape index (κ2) is 9.19. The molecule has 0 N–H and O–H groups in total. The third kappa shape index (κ3) is 7.26. The molecule has 4 heteroatoms. The van der Waals surface area contributed by atoms with Gasteiger partial charge in [-0.3, -0.25) is 9.59 Å². The molecule has 0 aliphatic carbocycles. The van der Waals surface area contributed by atoms with E-state index in [0.717, 1.165) is 38.8 Å². The normalized spacial score (nSPS) is 9.94. The predicted molar refractivity (Wildman–Crippen MR) is 63.0 cm³/mol. The summed E-state index contributed by atoms with van der Waals surface area (Å²) in [5.74, 6) is -0.489. The minimum Gasteiger partial charge on any atom is -0.456 e. The minimum absolute atomic E-state index is 0.0860. The van der Waals surface area contributed by atoms with E-state index in [0.29, 0.717) is 0 Å². The van der Waals surface area contributed by atoms with Gasteiger partial charge in [-0.1, -0.05) is 26.7 Å². The molecular formula is C12H23NO3. The van der Waals surface area contributed by atoms with Crippen molar-refractivity contribution in [2.45, 2.75) is 46.5 Å². The van der Waals surface area contributed by atoms with E-state index in [1.807, 2.05) is 0 Å². The Labute approximate surface area is 98.0 Å². The van der Waals surface area contributed by atoms with Gasteiger partial charge < -0.3 is 9.64 Å². The van der Waals surface area contributed by atoms with Gasteiger partial charge in [-0.15, -0.1) is 0 Å². The van der Waals surface area contributed by atoms with E-state index in [1.165, 1.54) is 6.92 Å². The largest absolute Gasteiger partial charge is 0.456 e. The number of hydrogen-bond acceptors (Lipinski definition) is 3. The molecule has 0 aromatic heterocycles. The zero-order chi connectivity index (χ0) is 12.4. The van der Waals surface area contributed by atoms with Crippen LogP contribution in [0.5, 0.6) is 0 Å². The fraction of sp³-hybridized carbons (Fsp3) is 0.833. The summed E-state index contributed by atoms with van der Waals surface area (Å²) in [6, 6.07) is 0. The Hall–Kier alpha value is -1.06. The van der Waals surface area contributed by atoms with Gasteiger partial charge in [0.1, 0.15) is 0 Å². The van der Waals surface area contributed by atoms with Crippen molar-refractivity contribution >= 4 is 11.9 Å². The smallest absolute Gasteiger partial charge is 0.303 e. The Morgan fingerprint density at radius 2 is 1.56 bits per heavy atom. The van der Waals surface area contributed by atoms with Gasteiger partial charge in [-0.2, -0.15) is 0 Å². The Kier molecular flexibility index (Phi) is 8.58. The molecule has 0 aliphatic rings. The van der Waals surface area contributed by atoms with Crippen molar-refractivity contribution in [3.63, 3.8) is 0 Å². The van der Waals surface area contributed by atoms with Crippen LogP contribution in [0, 0.1) is 0 Å². The monoisotopic (exact) mass is 229 g/mol. The average Bonchev–Trinajstić information content (AvgIpc) is 2.26. The van der Waals surface area contributed by atoms with Crippen molar-refractivity contribution in [1.82, 2.24) is 4.90 Å². The number of amides is 1. The number of esters is 1. The topological polar surface area (TPSA) is 46.6 Å². The van der Waals surface area contributed by atoms with Gasteiger partial charge in [-0.05, 0) is 12.8 Å². The first-order valence-electron chi connectivity index (χ1n) is 6.02. The molecule has 0 saturated heterocycles. The number of unbranched alkanes of at least 4 members (excludes halogenated alkanes) is 2. The highest BCUT2D eigenvalue weighted by Gasteiger charge is 2.13. The lowest BCUT2D eigenvalue weighted by Gasteiger charge is -2.22. The number of nitrogens with zero attached hydrogens (tertiary/aromatic N) is 1. The zero-order valence-corrected chi connectivity index (χ0v) is 10.6. The molecule has 0 saturated carbocycles. The quantitative estimate of drug-likeness (QED) is 0.598. The molecule has 0 rings (SSSR count). The van der Waals surface area contributed by atoms with Crippen LogP contribution in [0.3, 0.4) is 0 Å². The maximum Gasteiger partial charge on any atom is 0.303 e. The molecule has 0 bridgehead atoms. The van der Waals surface area contributed by atoms with Gasteiger partial charge >= 0.3 is 5.97 Å². The summed E-state index contributed by atoms with van der Waals surface area (Å²) in [6.45, 7) is 6.90. The van der Waals surface area contributed by atoms with Crippen LogP contribution in [-0.4, -0.2) is 36.5 Å². The molecule has 16 heavy (non-hydrogen) atoms. The molecule has 0 atom stereocenters. The van der Waals surface area contributed by atoms with Crippen LogP contribution in [0.25, 0.3) is 0 Å². The van der Waals surface area contributed by atoms with Crippen molar-refractivity contribution < 1.29 is 14.3 Å². The van der Waals surface area contributed by atoms with Crippen LogP contribution >= 0.6 is 0 Å². The lowest BCUT2D eigenvalue weighted by Crippen LogP contribution is -2.36. The molecule has 1 amide bonds. The molecule has 0 fully saturated rings. The van der Waals surface area contributed by atoms with Gasteiger partial charge in [0.05, 0.1) is 0 Å². The fourth-order valence-corrected chi connectivity index (χ4v) is 1.31. The van der Waals surface area contributed by atoms with Gasteiger partial charge in [0, 0.05) is 20.0 Å². The minimum atomic E-state index is -0.403. The van der Waals surface area contributed by atoms with Gasteiger partial charge in [-0.25, -0.2) is 0 Å². The zero-order valence-electron chi connectivity index (χ0n) is 10.6. The lowest BCUT2D eigenvalue weighted by atomic mass is 10.2. The van der Waals surface area contributed by atoms with Crippen LogP contribution in [0.4, 0.5) is 0 Å². The molecule has 4 nitrogen and oxygen atoms in total. The van der Waals surface area contributed by atoms with Crippen molar-refractivity contribution in [3.05, 3.63) is 0 Å². The number of ether oxygens (including phenoxy) is 1. The second-order valence-corrected chi connectivity index (χ2v) is 3.87. The Morgan fingerprint density at radius 3 is 1.94 bits per heavy atom. The van der Waals surface area contributed by atoms with Crippen molar-refractivity contribution in [2.75, 3.05) is 19.7 Å². The van der Waals surface area contributed by atoms with E-state index in [-0.39, 0.29) is 12.5 Å².